The number of rotatable bonds is 4. The van der Waals surface area contributed by atoms with Gasteiger partial charge in [-0.25, -0.2) is 19.9 Å². The highest BCUT2D eigenvalue weighted by atomic mass is 32.2. The maximum Gasteiger partial charge on any atom is 0.181 e. The van der Waals surface area contributed by atoms with E-state index >= 15 is 0 Å². The van der Waals surface area contributed by atoms with Crippen LogP contribution in [0.5, 0.6) is 0 Å². The average molecular weight is 289 g/mol. The average Bonchev–Trinajstić information content (AvgIpc) is 3.00. The number of fused-ring (bicyclic) bond motifs is 1. The zero-order valence-corrected chi connectivity index (χ0v) is 11.7. The molecule has 1 fully saturated rings. The van der Waals surface area contributed by atoms with Crippen LogP contribution in [0.25, 0.3) is 11.2 Å². The standard InChI is InChI=1S/C12H11N5S2/c1-2-7(1)8-3-18-9(17-8)4-19-12-10-11(14-5-13-10)15-6-16-12/h3,5-7H,1-2,4H2,(H,13,14,15,16). The SMILES string of the molecule is c1nc(SCc2nc(C3CC3)cs2)c2[nH]cnc2n1. The minimum Gasteiger partial charge on any atom is -0.341 e. The molecule has 3 aromatic rings. The Kier molecular flexibility index (Phi) is 2.73. The van der Waals surface area contributed by atoms with Gasteiger partial charge in [-0.2, -0.15) is 0 Å². The van der Waals surface area contributed by atoms with Crippen molar-refractivity contribution in [1.29, 1.82) is 0 Å². The molecule has 19 heavy (non-hydrogen) atoms. The first kappa shape index (κ1) is 11.4. The van der Waals surface area contributed by atoms with Gasteiger partial charge in [-0.05, 0) is 12.8 Å². The van der Waals surface area contributed by atoms with Crippen LogP contribution in [0.4, 0.5) is 0 Å². The number of aromatic amines is 1. The van der Waals surface area contributed by atoms with Crippen LogP contribution in [0, 0.1) is 0 Å². The lowest BCUT2D eigenvalue weighted by Gasteiger charge is -1.98. The number of thiazole rings is 1. The second-order valence-corrected chi connectivity index (χ2v) is 6.42. The van der Waals surface area contributed by atoms with E-state index in [1.165, 1.54) is 18.5 Å². The van der Waals surface area contributed by atoms with Gasteiger partial charge in [0.05, 0.1) is 17.8 Å². The molecule has 0 atom stereocenters. The molecule has 1 aliphatic rings. The van der Waals surface area contributed by atoms with Crippen LogP contribution >= 0.6 is 23.1 Å². The largest absolute Gasteiger partial charge is 0.341 e. The molecule has 1 N–H and O–H groups in total. The van der Waals surface area contributed by atoms with E-state index < -0.39 is 0 Å². The number of imidazole rings is 1. The molecule has 0 unspecified atom stereocenters. The van der Waals surface area contributed by atoms with Crippen LogP contribution < -0.4 is 0 Å². The minimum atomic E-state index is 0.718. The first-order chi connectivity index (χ1) is 9.40. The van der Waals surface area contributed by atoms with Crippen molar-refractivity contribution in [2.24, 2.45) is 0 Å². The van der Waals surface area contributed by atoms with E-state index in [0.29, 0.717) is 0 Å². The summed E-state index contributed by atoms with van der Waals surface area (Å²) in [4.78, 5) is 20.3. The molecule has 1 saturated carbocycles. The molecule has 3 aromatic heterocycles. The summed E-state index contributed by atoms with van der Waals surface area (Å²) in [5.74, 6) is 1.58. The maximum atomic E-state index is 4.68. The van der Waals surface area contributed by atoms with Gasteiger partial charge in [0.1, 0.15) is 21.9 Å². The first-order valence-corrected chi connectivity index (χ1v) is 7.98. The normalized spacial score (nSPS) is 15.2. The first-order valence-electron chi connectivity index (χ1n) is 6.11. The van der Waals surface area contributed by atoms with Crippen LogP contribution in [-0.4, -0.2) is 24.9 Å². The number of nitrogens with one attached hydrogen (secondary N) is 1. The van der Waals surface area contributed by atoms with Crippen molar-refractivity contribution in [3.05, 3.63) is 28.7 Å². The lowest BCUT2D eigenvalue weighted by atomic mass is 10.3. The maximum absolute atomic E-state index is 4.68. The summed E-state index contributed by atoms with van der Waals surface area (Å²) in [5.41, 5.74) is 2.90. The molecule has 1 aliphatic carbocycles. The van der Waals surface area contributed by atoms with E-state index in [1.54, 1.807) is 35.8 Å². The molecular weight excluding hydrogens is 278 g/mol. The highest BCUT2D eigenvalue weighted by Crippen LogP contribution is 2.40. The minimum absolute atomic E-state index is 0.718. The van der Waals surface area contributed by atoms with Crippen LogP contribution in [0.1, 0.15) is 29.5 Å². The Hall–Kier alpha value is -1.47. The highest BCUT2D eigenvalue weighted by Gasteiger charge is 2.25. The van der Waals surface area contributed by atoms with Crippen LogP contribution in [0.3, 0.4) is 0 Å². The second kappa shape index (κ2) is 4.57. The zero-order chi connectivity index (χ0) is 12.7. The van der Waals surface area contributed by atoms with E-state index in [0.717, 1.165) is 32.9 Å². The number of nitrogens with zero attached hydrogens (tertiary/aromatic N) is 4. The molecule has 0 spiro atoms. The number of thioether (sulfide) groups is 1. The van der Waals surface area contributed by atoms with Gasteiger partial charge in [0.2, 0.25) is 0 Å². The van der Waals surface area contributed by atoms with Gasteiger partial charge < -0.3 is 4.98 Å². The quantitative estimate of drug-likeness (QED) is 0.591. The van der Waals surface area contributed by atoms with Crippen molar-refractivity contribution < 1.29 is 0 Å². The summed E-state index contributed by atoms with van der Waals surface area (Å²) >= 11 is 3.42. The van der Waals surface area contributed by atoms with Gasteiger partial charge in [0, 0.05) is 11.3 Å². The second-order valence-electron chi connectivity index (χ2n) is 4.51. The van der Waals surface area contributed by atoms with Gasteiger partial charge in [-0.1, -0.05) is 11.8 Å². The summed E-state index contributed by atoms with van der Waals surface area (Å²) < 4.78 is 0. The monoisotopic (exact) mass is 289 g/mol. The molecule has 96 valence electrons. The number of aromatic nitrogens is 5. The molecule has 0 radical (unpaired) electrons. The predicted molar refractivity (Wildman–Crippen MR) is 75.3 cm³/mol. The van der Waals surface area contributed by atoms with Crippen molar-refractivity contribution in [3.63, 3.8) is 0 Å². The number of hydrogen-bond donors (Lipinski definition) is 1. The fourth-order valence-electron chi connectivity index (χ4n) is 1.94. The summed E-state index contributed by atoms with van der Waals surface area (Å²) in [5, 5.41) is 4.29. The third-order valence-corrected chi connectivity index (χ3v) is 5.14. The lowest BCUT2D eigenvalue weighted by molar-refractivity contribution is 1.03. The molecule has 5 nitrogen and oxygen atoms in total. The number of H-pyrrole nitrogens is 1. The zero-order valence-electron chi connectivity index (χ0n) is 10.0. The summed E-state index contributed by atoms with van der Waals surface area (Å²) in [6, 6.07) is 0. The fraction of sp³-hybridized carbons (Fsp3) is 0.333. The Morgan fingerprint density at radius 1 is 1.32 bits per heavy atom. The van der Waals surface area contributed by atoms with E-state index in [1.807, 2.05) is 0 Å². The Balaban J connectivity index is 1.52. The van der Waals surface area contributed by atoms with Crippen LogP contribution in [-0.2, 0) is 5.75 Å². The van der Waals surface area contributed by atoms with E-state index in [9.17, 15) is 0 Å². The van der Waals surface area contributed by atoms with Crippen molar-refractivity contribution in [2.75, 3.05) is 0 Å². The third kappa shape index (κ3) is 2.23. The third-order valence-electron chi connectivity index (χ3n) is 3.09. The summed E-state index contributed by atoms with van der Waals surface area (Å²) in [7, 11) is 0. The smallest absolute Gasteiger partial charge is 0.181 e. The van der Waals surface area contributed by atoms with Crippen molar-refractivity contribution >= 4 is 34.3 Å². The van der Waals surface area contributed by atoms with E-state index in [4.69, 9.17) is 0 Å². The van der Waals surface area contributed by atoms with Crippen molar-refractivity contribution in [2.45, 2.75) is 29.5 Å². The molecular formula is C12H11N5S2. The predicted octanol–water partition coefficient (Wildman–Crippen LogP) is 2.98. The van der Waals surface area contributed by atoms with Crippen LogP contribution in [0.2, 0.25) is 0 Å². The Labute approximate surface area is 117 Å². The highest BCUT2D eigenvalue weighted by molar-refractivity contribution is 7.98. The van der Waals surface area contributed by atoms with Crippen molar-refractivity contribution in [1.82, 2.24) is 24.9 Å². The molecule has 3 heterocycles. The van der Waals surface area contributed by atoms with Gasteiger partial charge in [-0.15, -0.1) is 11.3 Å². The Morgan fingerprint density at radius 2 is 2.26 bits per heavy atom. The van der Waals surface area contributed by atoms with Gasteiger partial charge in [-0.3, -0.25) is 0 Å². The molecule has 0 saturated heterocycles. The Morgan fingerprint density at radius 3 is 3.16 bits per heavy atom. The molecule has 4 rings (SSSR count). The summed E-state index contributed by atoms with van der Waals surface area (Å²) in [6.45, 7) is 0. The molecule has 0 bridgehead atoms. The molecule has 0 amide bonds. The molecule has 7 heteroatoms. The van der Waals surface area contributed by atoms with Gasteiger partial charge in [0.15, 0.2) is 5.65 Å². The molecule has 0 aromatic carbocycles. The summed E-state index contributed by atoms with van der Waals surface area (Å²) in [6.07, 6.45) is 5.81. The topological polar surface area (TPSA) is 67.3 Å². The van der Waals surface area contributed by atoms with Gasteiger partial charge >= 0.3 is 0 Å². The fourth-order valence-corrected chi connectivity index (χ4v) is 3.79. The molecule has 0 aliphatic heterocycles. The van der Waals surface area contributed by atoms with Gasteiger partial charge in [0.25, 0.3) is 0 Å². The van der Waals surface area contributed by atoms with Crippen LogP contribution in [0.15, 0.2) is 23.1 Å². The van der Waals surface area contributed by atoms with E-state index in [2.05, 4.69) is 30.3 Å². The number of hydrogen-bond acceptors (Lipinski definition) is 6. The lowest BCUT2D eigenvalue weighted by Crippen LogP contribution is -1.87. The van der Waals surface area contributed by atoms with E-state index in [-0.39, 0.29) is 0 Å². The van der Waals surface area contributed by atoms with Crippen molar-refractivity contribution in [3.8, 4) is 0 Å². The Bertz CT molecular complexity index is 716.